The maximum absolute atomic E-state index is 5.25. The van der Waals surface area contributed by atoms with Gasteiger partial charge in [-0.05, 0) is 51.4 Å². The lowest BCUT2D eigenvalue weighted by atomic mass is 10.1. The molecule has 1 atom stereocenters. The van der Waals surface area contributed by atoms with Crippen LogP contribution in [0.1, 0.15) is 40.0 Å². The lowest BCUT2D eigenvalue weighted by molar-refractivity contribution is 0.265. The molecule has 0 aromatic heterocycles. The van der Waals surface area contributed by atoms with Crippen molar-refractivity contribution < 1.29 is 0 Å². The van der Waals surface area contributed by atoms with Gasteiger partial charge in [-0.25, -0.2) is 0 Å². The summed E-state index contributed by atoms with van der Waals surface area (Å²) in [5, 5.41) is 7.41. The standard InChI is InChI=1S/C13H27N3S/c1-4-5-7-14-13(17)15-9-12-6-8-16(10-12)11(2)3/h11-12H,4-10H2,1-3H3,(H2,14,15,17). The molecule has 4 heteroatoms. The van der Waals surface area contributed by atoms with E-state index < -0.39 is 0 Å². The first-order valence-electron chi connectivity index (χ1n) is 6.89. The Hall–Kier alpha value is -0.350. The fourth-order valence-electron chi connectivity index (χ4n) is 2.18. The van der Waals surface area contributed by atoms with Crippen LogP contribution in [0.2, 0.25) is 0 Å². The zero-order valence-corrected chi connectivity index (χ0v) is 12.3. The van der Waals surface area contributed by atoms with Crippen molar-refractivity contribution in [2.45, 2.75) is 46.1 Å². The van der Waals surface area contributed by atoms with Crippen LogP contribution >= 0.6 is 12.2 Å². The first kappa shape index (κ1) is 14.7. The molecule has 0 saturated carbocycles. The van der Waals surface area contributed by atoms with Crippen LogP contribution in [0.15, 0.2) is 0 Å². The van der Waals surface area contributed by atoms with Gasteiger partial charge in [0.2, 0.25) is 0 Å². The number of thiocarbonyl (C=S) groups is 1. The van der Waals surface area contributed by atoms with Crippen LogP contribution in [-0.2, 0) is 0 Å². The predicted octanol–water partition coefficient (Wildman–Crippen LogP) is 1.98. The number of hydrogen-bond acceptors (Lipinski definition) is 2. The third-order valence-electron chi connectivity index (χ3n) is 3.41. The molecular weight excluding hydrogens is 230 g/mol. The first-order valence-corrected chi connectivity index (χ1v) is 7.30. The molecule has 0 aliphatic carbocycles. The molecule has 100 valence electrons. The first-order chi connectivity index (χ1) is 8.13. The van der Waals surface area contributed by atoms with Crippen molar-refractivity contribution in [1.29, 1.82) is 0 Å². The highest BCUT2D eigenvalue weighted by atomic mass is 32.1. The summed E-state index contributed by atoms with van der Waals surface area (Å²) in [5.41, 5.74) is 0. The molecule has 1 saturated heterocycles. The summed E-state index contributed by atoms with van der Waals surface area (Å²) < 4.78 is 0. The zero-order chi connectivity index (χ0) is 12.7. The van der Waals surface area contributed by atoms with Crippen LogP contribution in [0, 0.1) is 5.92 Å². The number of unbranched alkanes of at least 4 members (excludes halogenated alkanes) is 1. The molecule has 1 fully saturated rings. The predicted molar refractivity (Wildman–Crippen MR) is 78.3 cm³/mol. The van der Waals surface area contributed by atoms with Crippen LogP contribution in [0.25, 0.3) is 0 Å². The Bertz CT molecular complexity index is 231. The van der Waals surface area contributed by atoms with Gasteiger partial charge in [-0.15, -0.1) is 0 Å². The van der Waals surface area contributed by atoms with Crippen molar-refractivity contribution >= 4 is 17.3 Å². The highest BCUT2D eigenvalue weighted by Gasteiger charge is 2.23. The van der Waals surface area contributed by atoms with Gasteiger partial charge < -0.3 is 15.5 Å². The van der Waals surface area contributed by atoms with Gasteiger partial charge in [-0.2, -0.15) is 0 Å². The quantitative estimate of drug-likeness (QED) is 0.562. The summed E-state index contributed by atoms with van der Waals surface area (Å²) in [4.78, 5) is 2.54. The maximum atomic E-state index is 5.25. The smallest absolute Gasteiger partial charge is 0.166 e. The van der Waals surface area contributed by atoms with E-state index in [1.54, 1.807) is 0 Å². The third kappa shape index (κ3) is 5.68. The number of rotatable bonds is 6. The Kier molecular flexibility index (Phi) is 6.82. The van der Waals surface area contributed by atoms with Crippen LogP contribution in [0.5, 0.6) is 0 Å². The molecular formula is C13H27N3S. The second kappa shape index (κ2) is 7.88. The van der Waals surface area contributed by atoms with Crippen molar-refractivity contribution in [2.75, 3.05) is 26.2 Å². The van der Waals surface area contributed by atoms with Crippen molar-refractivity contribution in [1.82, 2.24) is 15.5 Å². The molecule has 17 heavy (non-hydrogen) atoms. The average molecular weight is 257 g/mol. The van der Waals surface area contributed by atoms with E-state index in [1.807, 2.05) is 0 Å². The molecule has 3 nitrogen and oxygen atoms in total. The summed E-state index contributed by atoms with van der Waals surface area (Å²) in [6, 6.07) is 0.676. The second-order valence-corrected chi connectivity index (χ2v) is 5.64. The van der Waals surface area contributed by atoms with E-state index in [0.717, 1.165) is 24.1 Å². The fourth-order valence-corrected chi connectivity index (χ4v) is 2.36. The minimum Gasteiger partial charge on any atom is -0.363 e. The van der Waals surface area contributed by atoms with Gasteiger partial charge in [-0.3, -0.25) is 0 Å². The monoisotopic (exact) mass is 257 g/mol. The van der Waals surface area contributed by atoms with E-state index in [1.165, 1.54) is 32.4 Å². The van der Waals surface area contributed by atoms with Crippen LogP contribution < -0.4 is 10.6 Å². The van der Waals surface area contributed by atoms with Crippen LogP contribution in [0.3, 0.4) is 0 Å². The van der Waals surface area contributed by atoms with E-state index in [4.69, 9.17) is 12.2 Å². The molecule has 1 unspecified atom stereocenters. The van der Waals surface area contributed by atoms with E-state index in [9.17, 15) is 0 Å². The molecule has 0 aromatic rings. The average Bonchev–Trinajstić information content (AvgIpc) is 2.75. The molecule has 1 rings (SSSR count). The molecule has 0 spiro atoms. The summed E-state index contributed by atoms with van der Waals surface area (Å²) >= 11 is 5.25. The molecule has 1 aliphatic rings. The summed E-state index contributed by atoms with van der Waals surface area (Å²) in [6.45, 7) is 11.2. The normalized spacial score (nSPS) is 20.8. The minimum atomic E-state index is 0.676. The number of hydrogen-bond donors (Lipinski definition) is 2. The highest BCUT2D eigenvalue weighted by molar-refractivity contribution is 7.80. The van der Waals surface area contributed by atoms with Gasteiger partial charge in [0.15, 0.2) is 5.11 Å². The van der Waals surface area contributed by atoms with Gasteiger partial charge in [0.05, 0.1) is 0 Å². The SMILES string of the molecule is CCCCNC(=S)NCC1CCN(C(C)C)C1. The van der Waals surface area contributed by atoms with E-state index in [0.29, 0.717) is 6.04 Å². The number of nitrogens with zero attached hydrogens (tertiary/aromatic N) is 1. The van der Waals surface area contributed by atoms with Crippen LogP contribution in [-0.4, -0.2) is 42.2 Å². The van der Waals surface area contributed by atoms with Gasteiger partial charge in [0.25, 0.3) is 0 Å². The lowest BCUT2D eigenvalue weighted by Gasteiger charge is -2.20. The molecule has 0 amide bonds. The fraction of sp³-hybridized carbons (Fsp3) is 0.923. The molecule has 0 bridgehead atoms. The van der Waals surface area contributed by atoms with Crippen molar-refractivity contribution in [3.8, 4) is 0 Å². The molecule has 1 aliphatic heterocycles. The summed E-state index contributed by atoms with van der Waals surface area (Å²) in [6.07, 6.45) is 3.69. The number of nitrogens with one attached hydrogen (secondary N) is 2. The number of likely N-dealkylation sites (tertiary alicyclic amines) is 1. The highest BCUT2D eigenvalue weighted by Crippen LogP contribution is 2.17. The minimum absolute atomic E-state index is 0.676. The van der Waals surface area contributed by atoms with E-state index >= 15 is 0 Å². The van der Waals surface area contributed by atoms with Crippen molar-refractivity contribution in [2.24, 2.45) is 5.92 Å². The van der Waals surface area contributed by atoms with Gasteiger partial charge in [-0.1, -0.05) is 13.3 Å². The largest absolute Gasteiger partial charge is 0.363 e. The molecule has 1 heterocycles. The Morgan fingerprint density at radius 1 is 1.41 bits per heavy atom. The Morgan fingerprint density at radius 2 is 2.18 bits per heavy atom. The van der Waals surface area contributed by atoms with Crippen LogP contribution in [0.4, 0.5) is 0 Å². The van der Waals surface area contributed by atoms with Gasteiger partial charge >= 0.3 is 0 Å². The van der Waals surface area contributed by atoms with Crippen molar-refractivity contribution in [3.05, 3.63) is 0 Å². The Balaban J connectivity index is 2.09. The maximum Gasteiger partial charge on any atom is 0.166 e. The Morgan fingerprint density at radius 3 is 2.76 bits per heavy atom. The summed E-state index contributed by atoms with van der Waals surface area (Å²) in [7, 11) is 0. The second-order valence-electron chi connectivity index (χ2n) is 5.23. The Labute approximate surface area is 111 Å². The van der Waals surface area contributed by atoms with Crippen molar-refractivity contribution in [3.63, 3.8) is 0 Å². The molecule has 2 N–H and O–H groups in total. The third-order valence-corrected chi connectivity index (χ3v) is 3.70. The lowest BCUT2D eigenvalue weighted by Crippen LogP contribution is -2.39. The molecule has 0 aromatic carbocycles. The van der Waals surface area contributed by atoms with E-state index in [-0.39, 0.29) is 0 Å². The van der Waals surface area contributed by atoms with Gasteiger partial charge in [0, 0.05) is 25.7 Å². The van der Waals surface area contributed by atoms with Gasteiger partial charge in [0.1, 0.15) is 0 Å². The molecule has 0 radical (unpaired) electrons. The van der Waals surface area contributed by atoms with E-state index in [2.05, 4.69) is 36.3 Å². The topological polar surface area (TPSA) is 27.3 Å². The zero-order valence-electron chi connectivity index (χ0n) is 11.5. The summed E-state index contributed by atoms with van der Waals surface area (Å²) in [5.74, 6) is 0.753.